The van der Waals surface area contributed by atoms with Crippen LogP contribution in [0.4, 0.5) is 0 Å². The molecule has 0 aliphatic heterocycles. The number of aliphatic carboxylic acids is 1. The first-order valence-corrected chi connectivity index (χ1v) is 7.86. The third kappa shape index (κ3) is 2.73. The highest BCUT2D eigenvalue weighted by Crippen LogP contribution is 2.63. The van der Waals surface area contributed by atoms with Crippen LogP contribution in [0.5, 0.6) is 0 Å². The third-order valence-corrected chi connectivity index (χ3v) is 5.69. The Bertz CT molecular complexity index is 356. The van der Waals surface area contributed by atoms with E-state index in [4.69, 9.17) is 0 Å². The minimum absolute atomic E-state index is 0.115. The van der Waals surface area contributed by atoms with Gasteiger partial charge in [0, 0.05) is 0 Å². The highest BCUT2D eigenvalue weighted by molar-refractivity contribution is 5.71. The predicted molar refractivity (Wildman–Crippen MR) is 77.9 cm³/mol. The van der Waals surface area contributed by atoms with Crippen molar-refractivity contribution >= 4 is 5.97 Å². The van der Waals surface area contributed by atoms with Crippen LogP contribution in [0.25, 0.3) is 0 Å². The molecule has 108 valence electrons. The number of carboxylic acids is 1. The molecule has 3 saturated carbocycles. The summed E-state index contributed by atoms with van der Waals surface area (Å²) in [4.78, 5) is 11.6. The van der Waals surface area contributed by atoms with Gasteiger partial charge in [0.2, 0.25) is 0 Å². The first kappa shape index (κ1) is 14.6. The van der Waals surface area contributed by atoms with Crippen molar-refractivity contribution in [3.8, 4) is 0 Å². The second-order valence-electron chi connectivity index (χ2n) is 7.07. The largest absolute Gasteiger partial charge is 0.481 e. The first-order valence-electron chi connectivity index (χ1n) is 7.86. The fourth-order valence-corrected chi connectivity index (χ4v) is 4.23. The minimum Gasteiger partial charge on any atom is -0.481 e. The zero-order chi connectivity index (χ0) is 14.0. The molecule has 0 spiro atoms. The van der Waals surface area contributed by atoms with E-state index in [-0.39, 0.29) is 11.3 Å². The molecule has 0 aromatic rings. The molecule has 0 amide bonds. The van der Waals surface area contributed by atoms with E-state index in [9.17, 15) is 9.90 Å². The second-order valence-corrected chi connectivity index (χ2v) is 7.07. The highest BCUT2D eigenvalue weighted by Gasteiger charge is 2.59. The summed E-state index contributed by atoms with van der Waals surface area (Å²) < 4.78 is 0. The average molecular weight is 264 g/mol. The third-order valence-electron chi connectivity index (χ3n) is 5.69. The fraction of sp³-hybridized carbons (Fsp3) is 0.824. The zero-order valence-corrected chi connectivity index (χ0v) is 12.6. The lowest BCUT2D eigenvalue weighted by Crippen LogP contribution is -2.57. The van der Waals surface area contributed by atoms with Crippen molar-refractivity contribution in [2.24, 2.45) is 29.1 Å². The van der Waals surface area contributed by atoms with Gasteiger partial charge >= 0.3 is 5.97 Å². The molecule has 0 heterocycles. The molecule has 2 heteroatoms. The molecule has 3 fully saturated rings. The van der Waals surface area contributed by atoms with E-state index in [1.165, 1.54) is 12.8 Å². The Labute approximate surface area is 117 Å². The lowest BCUT2D eigenvalue weighted by Gasteiger charge is -2.61. The van der Waals surface area contributed by atoms with Gasteiger partial charge in [-0.2, -0.15) is 0 Å². The van der Waals surface area contributed by atoms with E-state index in [0.29, 0.717) is 11.8 Å². The van der Waals surface area contributed by atoms with E-state index >= 15 is 0 Å². The number of fused-ring (bicyclic) bond motifs is 2. The normalized spacial score (nSPS) is 36.2. The van der Waals surface area contributed by atoms with Crippen LogP contribution in [0.1, 0.15) is 59.3 Å². The molecule has 19 heavy (non-hydrogen) atoms. The second kappa shape index (κ2) is 5.68. The van der Waals surface area contributed by atoms with Gasteiger partial charge in [-0.05, 0) is 48.9 Å². The molecule has 4 atom stereocenters. The lowest BCUT2D eigenvalue weighted by molar-refractivity contribution is -0.175. The van der Waals surface area contributed by atoms with Crippen LogP contribution in [0, 0.1) is 29.1 Å². The monoisotopic (exact) mass is 264 g/mol. The van der Waals surface area contributed by atoms with Crippen molar-refractivity contribution in [3.05, 3.63) is 12.2 Å². The maximum absolute atomic E-state index is 11.6. The fourth-order valence-electron chi connectivity index (χ4n) is 4.23. The van der Waals surface area contributed by atoms with Crippen molar-refractivity contribution in [2.45, 2.75) is 59.3 Å². The number of hydrogen-bond acceptors (Lipinski definition) is 1. The highest BCUT2D eigenvalue weighted by atomic mass is 16.4. The SMILES string of the molecule is CCCC/C=C/CC1CC2CC(C1C(=O)O)C2(C)C. The van der Waals surface area contributed by atoms with Gasteiger partial charge in [0.15, 0.2) is 0 Å². The number of carbonyl (C=O) groups is 1. The van der Waals surface area contributed by atoms with E-state index in [1.54, 1.807) is 0 Å². The van der Waals surface area contributed by atoms with Crippen LogP contribution in [0.2, 0.25) is 0 Å². The van der Waals surface area contributed by atoms with Gasteiger partial charge in [-0.1, -0.05) is 45.8 Å². The van der Waals surface area contributed by atoms with Crippen molar-refractivity contribution in [3.63, 3.8) is 0 Å². The summed E-state index contributed by atoms with van der Waals surface area (Å²) in [7, 11) is 0. The molecule has 0 aromatic carbocycles. The van der Waals surface area contributed by atoms with Crippen LogP contribution in [0.3, 0.4) is 0 Å². The van der Waals surface area contributed by atoms with Crippen molar-refractivity contribution in [1.82, 2.24) is 0 Å². The summed E-state index contributed by atoms with van der Waals surface area (Å²) in [6, 6.07) is 0. The van der Waals surface area contributed by atoms with Crippen LogP contribution >= 0.6 is 0 Å². The van der Waals surface area contributed by atoms with Gasteiger partial charge in [-0.3, -0.25) is 4.79 Å². The Balaban J connectivity index is 1.94. The number of allylic oxidation sites excluding steroid dienone is 2. The van der Waals surface area contributed by atoms with Gasteiger partial charge in [0.25, 0.3) is 0 Å². The molecule has 3 rings (SSSR count). The van der Waals surface area contributed by atoms with Crippen LogP contribution < -0.4 is 0 Å². The van der Waals surface area contributed by atoms with Crippen LogP contribution in [0.15, 0.2) is 12.2 Å². The van der Waals surface area contributed by atoms with Gasteiger partial charge in [-0.15, -0.1) is 0 Å². The van der Waals surface area contributed by atoms with E-state index in [2.05, 4.69) is 32.9 Å². The first-order chi connectivity index (χ1) is 8.98. The maximum atomic E-state index is 11.6. The average Bonchev–Trinajstić information content (AvgIpc) is 2.37. The molecule has 1 N–H and O–H groups in total. The minimum atomic E-state index is -0.566. The van der Waals surface area contributed by atoms with Gasteiger partial charge < -0.3 is 5.11 Å². The molecular formula is C17H28O2. The molecule has 0 saturated heterocycles. The molecule has 2 bridgehead atoms. The van der Waals surface area contributed by atoms with Crippen LogP contribution in [-0.4, -0.2) is 11.1 Å². The summed E-state index contributed by atoms with van der Waals surface area (Å²) in [5.41, 5.74) is 0.255. The van der Waals surface area contributed by atoms with E-state index < -0.39 is 5.97 Å². The number of carboxylic acid groups (broad SMARTS) is 1. The van der Waals surface area contributed by atoms with E-state index in [0.717, 1.165) is 31.6 Å². The van der Waals surface area contributed by atoms with Gasteiger partial charge in [0.05, 0.1) is 5.92 Å². The van der Waals surface area contributed by atoms with Crippen molar-refractivity contribution in [1.29, 1.82) is 0 Å². The predicted octanol–water partition coefficient (Wildman–Crippen LogP) is 4.51. The summed E-state index contributed by atoms with van der Waals surface area (Å²) in [6.45, 7) is 6.72. The number of hydrogen-bond donors (Lipinski definition) is 1. The summed E-state index contributed by atoms with van der Waals surface area (Å²) in [5.74, 6) is 0.839. The Hall–Kier alpha value is -0.790. The van der Waals surface area contributed by atoms with Gasteiger partial charge in [-0.25, -0.2) is 0 Å². The van der Waals surface area contributed by atoms with Crippen LogP contribution in [-0.2, 0) is 4.79 Å². The molecule has 2 nitrogen and oxygen atoms in total. The smallest absolute Gasteiger partial charge is 0.307 e. The Morgan fingerprint density at radius 1 is 1.32 bits per heavy atom. The quantitative estimate of drug-likeness (QED) is 0.566. The summed E-state index contributed by atoms with van der Waals surface area (Å²) in [6.07, 6.45) is 11.3. The Morgan fingerprint density at radius 2 is 2.05 bits per heavy atom. The maximum Gasteiger partial charge on any atom is 0.307 e. The zero-order valence-electron chi connectivity index (χ0n) is 12.6. The molecule has 0 radical (unpaired) electrons. The summed E-state index contributed by atoms with van der Waals surface area (Å²) in [5, 5.41) is 9.55. The van der Waals surface area contributed by atoms with E-state index in [1.807, 2.05) is 0 Å². The molecule has 3 aliphatic rings. The number of rotatable bonds is 6. The standard InChI is InChI=1S/C17H28O2/c1-4-5-6-7-8-9-12-10-13-11-14(17(13,2)3)15(12)16(18)19/h7-8,12-15H,4-6,9-11H2,1-3H3,(H,18,19)/b8-7+. The molecule has 3 aliphatic carbocycles. The lowest BCUT2D eigenvalue weighted by atomic mass is 9.43. The topological polar surface area (TPSA) is 37.3 Å². The number of unbranched alkanes of at least 4 members (excludes halogenated alkanes) is 2. The Morgan fingerprint density at radius 3 is 2.63 bits per heavy atom. The molecule has 4 unspecified atom stereocenters. The van der Waals surface area contributed by atoms with Crippen molar-refractivity contribution < 1.29 is 9.90 Å². The molecular weight excluding hydrogens is 236 g/mol. The van der Waals surface area contributed by atoms with Gasteiger partial charge in [0.1, 0.15) is 0 Å². The van der Waals surface area contributed by atoms with Crippen molar-refractivity contribution in [2.75, 3.05) is 0 Å². The summed E-state index contributed by atoms with van der Waals surface area (Å²) >= 11 is 0. The Kier molecular flexibility index (Phi) is 4.37. The molecule has 0 aromatic heterocycles.